The maximum Gasteiger partial charge on any atom is 0.264 e. The minimum absolute atomic E-state index is 0.0856. The molecule has 0 spiro atoms. The fraction of sp³-hybridized carbons (Fsp3) is 0.333. The van der Waals surface area contributed by atoms with Crippen LogP contribution in [0.2, 0.25) is 0 Å². The molecule has 2 amide bonds. The van der Waals surface area contributed by atoms with Gasteiger partial charge in [-0.1, -0.05) is 68.4 Å². The first-order valence-corrected chi connectivity index (χ1v) is 14.2. The lowest BCUT2D eigenvalue weighted by atomic mass is 10.1. The summed E-state index contributed by atoms with van der Waals surface area (Å²) >= 11 is 0. The van der Waals surface area contributed by atoms with Crippen molar-refractivity contribution in [3.05, 3.63) is 95.6 Å². The van der Waals surface area contributed by atoms with Gasteiger partial charge in [0.1, 0.15) is 12.6 Å². The Hall–Kier alpha value is -3.65. The summed E-state index contributed by atoms with van der Waals surface area (Å²) in [5, 5.41) is 2.90. The Kier molecular flexibility index (Phi) is 9.69. The highest BCUT2D eigenvalue weighted by atomic mass is 32.2. The van der Waals surface area contributed by atoms with Gasteiger partial charge in [0.15, 0.2) is 0 Å². The number of amides is 2. The van der Waals surface area contributed by atoms with Gasteiger partial charge in [-0.25, -0.2) is 8.42 Å². The molecule has 0 unspecified atom stereocenters. The molecule has 3 aromatic carbocycles. The van der Waals surface area contributed by atoms with Gasteiger partial charge in [0.05, 0.1) is 10.6 Å². The third kappa shape index (κ3) is 7.22. The molecule has 0 bridgehead atoms. The summed E-state index contributed by atoms with van der Waals surface area (Å²) in [6.07, 6.45) is 0. The van der Waals surface area contributed by atoms with E-state index in [4.69, 9.17) is 0 Å². The van der Waals surface area contributed by atoms with Crippen molar-refractivity contribution in [1.29, 1.82) is 0 Å². The third-order valence-electron chi connectivity index (χ3n) is 6.35. The molecule has 38 heavy (non-hydrogen) atoms. The lowest BCUT2D eigenvalue weighted by Gasteiger charge is -2.32. The molecule has 0 saturated carbocycles. The van der Waals surface area contributed by atoms with Gasteiger partial charge in [-0.3, -0.25) is 13.9 Å². The average Bonchev–Trinajstić information content (AvgIpc) is 2.89. The first kappa shape index (κ1) is 28.9. The van der Waals surface area contributed by atoms with Crippen molar-refractivity contribution < 1.29 is 18.0 Å². The lowest BCUT2D eigenvalue weighted by molar-refractivity contribution is -0.139. The molecular formula is C30H37N3O4S. The summed E-state index contributed by atoms with van der Waals surface area (Å²) in [6.45, 7) is 9.68. The van der Waals surface area contributed by atoms with Crippen LogP contribution in [0.15, 0.2) is 83.8 Å². The molecule has 202 valence electrons. The lowest BCUT2D eigenvalue weighted by Crippen LogP contribution is -2.51. The fourth-order valence-corrected chi connectivity index (χ4v) is 5.46. The van der Waals surface area contributed by atoms with E-state index >= 15 is 0 Å². The number of hydrogen-bond donors (Lipinski definition) is 1. The van der Waals surface area contributed by atoms with Crippen LogP contribution < -0.4 is 9.62 Å². The molecule has 1 N–H and O–H groups in total. The Balaban J connectivity index is 2.01. The van der Waals surface area contributed by atoms with E-state index in [1.165, 1.54) is 17.0 Å². The van der Waals surface area contributed by atoms with Gasteiger partial charge < -0.3 is 10.2 Å². The molecule has 1 atom stereocenters. The molecule has 0 radical (unpaired) electrons. The van der Waals surface area contributed by atoms with Crippen LogP contribution in [-0.4, -0.2) is 44.3 Å². The second-order valence-corrected chi connectivity index (χ2v) is 11.8. The molecule has 0 fully saturated rings. The predicted molar refractivity (Wildman–Crippen MR) is 151 cm³/mol. The van der Waals surface area contributed by atoms with Crippen LogP contribution in [0.1, 0.15) is 37.5 Å². The monoisotopic (exact) mass is 535 g/mol. The Morgan fingerprint density at radius 2 is 1.53 bits per heavy atom. The van der Waals surface area contributed by atoms with Gasteiger partial charge in [-0.15, -0.1) is 0 Å². The van der Waals surface area contributed by atoms with Crippen molar-refractivity contribution >= 4 is 27.5 Å². The van der Waals surface area contributed by atoms with Gasteiger partial charge >= 0.3 is 0 Å². The van der Waals surface area contributed by atoms with Crippen LogP contribution in [0.3, 0.4) is 0 Å². The standard InChI is InChI=1S/C30H37N3O4S/c1-22(2)19-31-30(35)25(5)32(20-26-14-10-9-13-24(26)4)29(34)21-33(27-15-11-12-23(3)18-27)38(36,37)28-16-7-6-8-17-28/h6-18,22,25H,19-21H2,1-5H3,(H,31,35)/t25-/m0/s1. The molecule has 8 heteroatoms. The quantitative estimate of drug-likeness (QED) is 0.386. The Labute approximate surface area is 226 Å². The number of hydrogen-bond acceptors (Lipinski definition) is 4. The van der Waals surface area contributed by atoms with E-state index in [-0.39, 0.29) is 23.3 Å². The van der Waals surface area contributed by atoms with E-state index in [2.05, 4.69) is 5.32 Å². The molecular weight excluding hydrogens is 498 g/mol. The van der Waals surface area contributed by atoms with Gasteiger partial charge in [-0.2, -0.15) is 0 Å². The Bertz CT molecular complexity index is 1360. The number of nitrogens with one attached hydrogen (secondary N) is 1. The highest BCUT2D eigenvalue weighted by molar-refractivity contribution is 7.92. The first-order valence-electron chi connectivity index (χ1n) is 12.8. The number of carbonyl (C=O) groups excluding carboxylic acids is 2. The minimum Gasteiger partial charge on any atom is -0.354 e. The zero-order valence-corrected chi connectivity index (χ0v) is 23.5. The highest BCUT2D eigenvalue weighted by Gasteiger charge is 2.32. The smallest absolute Gasteiger partial charge is 0.264 e. The van der Waals surface area contributed by atoms with Crippen LogP contribution in [-0.2, 0) is 26.2 Å². The molecule has 0 aliphatic heterocycles. The van der Waals surface area contributed by atoms with Crippen molar-refractivity contribution in [2.45, 2.75) is 52.1 Å². The summed E-state index contributed by atoms with van der Waals surface area (Å²) in [5.41, 5.74) is 3.11. The van der Waals surface area contributed by atoms with Gasteiger partial charge in [0, 0.05) is 13.1 Å². The summed E-state index contributed by atoms with van der Waals surface area (Å²) in [6, 6.07) is 21.9. The largest absolute Gasteiger partial charge is 0.354 e. The minimum atomic E-state index is -4.06. The highest BCUT2D eigenvalue weighted by Crippen LogP contribution is 2.25. The molecule has 3 rings (SSSR count). The number of rotatable bonds is 11. The van der Waals surface area contributed by atoms with Crippen LogP contribution in [0.4, 0.5) is 5.69 Å². The average molecular weight is 536 g/mol. The van der Waals surface area contributed by atoms with Gasteiger partial charge in [0.25, 0.3) is 10.0 Å². The zero-order chi connectivity index (χ0) is 27.9. The summed E-state index contributed by atoms with van der Waals surface area (Å²) in [5.74, 6) is -0.505. The number of carbonyl (C=O) groups is 2. The molecule has 0 aromatic heterocycles. The molecule has 7 nitrogen and oxygen atoms in total. The van der Waals surface area contributed by atoms with Crippen LogP contribution in [0, 0.1) is 19.8 Å². The van der Waals surface area contributed by atoms with E-state index in [0.29, 0.717) is 12.2 Å². The van der Waals surface area contributed by atoms with Crippen molar-refractivity contribution in [3.63, 3.8) is 0 Å². The maximum atomic E-state index is 13.9. The SMILES string of the molecule is Cc1cccc(N(CC(=O)N(Cc2ccccc2C)[C@@H](C)C(=O)NCC(C)C)S(=O)(=O)c2ccccc2)c1. The van der Waals surface area contributed by atoms with Gasteiger partial charge in [-0.05, 0) is 67.6 Å². The first-order chi connectivity index (χ1) is 18.0. The number of sulfonamides is 1. The van der Waals surface area contributed by atoms with Crippen LogP contribution in [0.25, 0.3) is 0 Å². The number of anilines is 1. The maximum absolute atomic E-state index is 13.9. The second kappa shape index (κ2) is 12.7. The second-order valence-electron chi connectivity index (χ2n) is 9.93. The molecule has 0 saturated heterocycles. The molecule has 0 heterocycles. The normalized spacial score (nSPS) is 12.2. The van der Waals surface area contributed by atoms with Crippen LogP contribution >= 0.6 is 0 Å². The molecule has 0 aliphatic carbocycles. The molecule has 3 aromatic rings. The van der Waals surface area contributed by atoms with E-state index in [9.17, 15) is 18.0 Å². The number of nitrogens with zero attached hydrogens (tertiary/aromatic N) is 2. The van der Waals surface area contributed by atoms with Crippen molar-refractivity contribution in [1.82, 2.24) is 10.2 Å². The van der Waals surface area contributed by atoms with Gasteiger partial charge in [0.2, 0.25) is 11.8 Å². The summed E-state index contributed by atoms with van der Waals surface area (Å²) < 4.78 is 28.7. The van der Waals surface area contributed by atoms with Crippen LogP contribution in [0.5, 0.6) is 0 Å². The van der Waals surface area contributed by atoms with E-state index in [1.54, 1.807) is 43.3 Å². The van der Waals surface area contributed by atoms with Crippen molar-refractivity contribution in [3.8, 4) is 0 Å². The van der Waals surface area contributed by atoms with E-state index < -0.39 is 28.5 Å². The van der Waals surface area contributed by atoms with E-state index in [0.717, 1.165) is 21.0 Å². The summed E-state index contributed by atoms with van der Waals surface area (Å²) in [4.78, 5) is 28.5. The number of benzene rings is 3. The summed E-state index contributed by atoms with van der Waals surface area (Å²) in [7, 11) is -4.06. The topological polar surface area (TPSA) is 86.8 Å². The Morgan fingerprint density at radius 3 is 2.16 bits per heavy atom. The Morgan fingerprint density at radius 1 is 0.868 bits per heavy atom. The predicted octanol–water partition coefficient (Wildman–Crippen LogP) is 4.69. The van der Waals surface area contributed by atoms with Crippen molar-refractivity contribution in [2.24, 2.45) is 5.92 Å². The zero-order valence-electron chi connectivity index (χ0n) is 22.7. The number of aryl methyl sites for hydroxylation is 2. The van der Waals surface area contributed by atoms with E-state index in [1.807, 2.05) is 58.0 Å². The fourth-order valence-electron chi connectivity index (χ4n) is 4.04. The third-order valence-corrected chi connectivity index (χ3v) is 8.14. The van der Waals surface area contributed by atoms with Crippen molar-refractivity contribution in [2.75, 3.05) is 17.4 Å². The molecule has 0 aliphatic rings.